The highest BCUT2D eigenvalue weighted by atomic mass is 32.1. The quantitative estimate of drug-likeness (QED) is 0.413. The number of para-hydroxylation sites is 1. The van der Waals surface area contributed by atoms with Crippen molar-refractivity contribution in [3.05, 3.63) is 107 Å². The number of benzene rings is 2. The number of carbonyl (C=O) groups excluding carboxylic acids is 2. The van der Waals surface area contributed by atoms with Crippen LogP contribution in [0.4, 0.5) is 5.69 Å². The molecule has 6 nitrogen and oxygen atoms in total. The molecule has 1 N–H and O–H groups in total. The van der Waals surface area contributed by atoms with Crippen molar-refractivity contribution in [1.29, 1.82) is 0 Å². The van der Waals surface area contributed by atoms with Gasteiger partial charge < -0.3 is 9.52 Å². The van der Waals surface area contributed by atoms with Gasteiger partial charge in [-0.3, -0.25) is 14.5 Å². The van der Waals surface area contributed by atoms with E-state index in [4.69, 9.17) is 4.42 Å². The zero-order valence-corrected chi connectivity index (χ0v) is 17.9. The second-order valence-electron chi connectivity index (χ2n) is 7.32. The van der Waals surface area contributed by atoms with Crippen molar-refractivity contribution in [2.24, 2.45) is 0 Å². The summed E-state index contributed by atoms with van der Waals surface area (Å²) < 4.78 is 5.58. The van der Waals surface area contributed by atoms with Gasteiger partial charge in [0.2, 0.25) is 5.78 Å². The number of aliphatic hydroxyl groups is 1. The summed E-state index contributed by atoms with van der Waals surface area (Å²) in [4.78, 5) is 33.1. The van der Waals surface area contributed by atoms with E-state index in [2.05, 4.69) is 4.98 Å². The predicted octanol–water partition coefficient (Wildman–Crippen LogP) is 5.49. The number of aromatic nitrogens is 1. The van der Waals surface area contributed by atoms with E-state index in [0.29, 0.717) is 27.0 Å². The molecule has 32 heavy (non-hydrogen) atoms. The molecule has 2 aromatic carbocycles. The first-order chi connectivity index (χ1) is 15.6. The number of thiazole rings is 1. The average Bonchev–Trinajstić information content (AvgIpc) is 3.54. The first-order valence-corrected chi connectivity index (χ1v) is 10.8. The van der Waals surface area contributed by atoms with Gasteiger partial charge in [0, 0.05) is 11.3 Å². The lowest BCUT2D eigenvalue weighted by molar-refractivity contribution is -0.117. The number of amides is 1. The van der Waals surface area contributed by atoms with Gasteiger partial charge in [-0.25, -0.2) is 4.98 Å². The predicted molar refractivity (Wildman–Crippen MR) is 122 cm³/mol. The number of rotatable bonds is 5. The van der Waals surface area contributed by atoms with E-state index in [0.717, 1.165) is 5.56 Å². The third kappa shape index (κ3) is 3.23. The van der Waals surface area contributed by atoms with Crippen LogP contribution < -0.4 is 4.90 Å². The summed E-state index contributed by atoms with van der Waals surface area (Å²) in [5.41, 5.74) is 1.98. The Balaban J connectivity index is 1.61. The molecule has 1 unspecified atom stereocenters. The third-order valence-corrected chi connectivity index (χ3v) is 6.53. The van der Waals surface area contributed by atoms with E-state index in [1.165, 1.54) is 22.5 Å². The molecule has 0 aliphatic carbocycles. The van der Waals surface area contributed by atoms with Crippen LogP contribution in [0, 0.1) is 6.92 Å². The highest BCUT2D eigenvalue weighted by Gasteiger charge is 2.46. The Bertz CT molecular complexity index is 1330. The first kappa shape index (κ1) is 20.0. The summed E-state index contributed by atoms with van der Waals surface area (Å²) >= 11 is 1.24. The molecule has 0 bridgehead atoms. The number of nitrogens with zero attached hydrogens (tertiary/aromatic N) is 2. The number of anilines is 1. The van der Waals surface area contributed by atoms with Gasteiger partial charge in [0.05, 0.1) is 22.4 Å². The molecular formula is C25H18N2O4S. The Kier molecular flexibility index (Phi) is 4.95. The second-order valence-corrected chi connectivity index (χ2v) is 8.32. The molecule has 2 aromatic heterocycles. The number of ketones is 1. The largest absolute Gasteiger partial charge is 0.503 e. The van der Waals surface area contributed by atoms with Crippen molar-refractivity contribution in [1.82, 2.24) is 4.98 Å². The molecule has 0 fully saturated rings. The van der Waals surface area contributed by atoms with Crippen molar-refractivity contribution in [3.63, 3.8) is 0 Å². The molecule has 3 heterocycles. The van der Waals surface area contributed by atoms with Crippen LogP contribution in [0.2, 0.25) is 0 Å². The van der Waals surface area contributed by atoms with Crippen molar-refractivity contribution < 1.29 is 19.1 Å². The molecule has 1 aliphatic rings. The number of hydrogen-bond donors (Lipinski definition) is 1. The molecule has 1 amide bonds. The van der Waals surface area contributed by atoms with Gasteiger partial charge in [-0.15, -0.1) is 11.3 Å². The van der Waals surface area contributed by atoms with Crippen LogP contribution in [-0.2, 0) is 4.79 Å². The maximum Gasteiger partial charge on any atom is 0.294 e. The van der Waals surface area contributed by atoms with Crippen LogP contribution in [0.1, 0.15) is 27.2 Å². The summed E-state index contributed by atoms with van der Waals surface area (Å²) in [6.07, 6.45) is 1.48. The summed E-state index contributed by atoms with van der Waals surface area (Å²) in [7, 11) is 0. The topological polar surface area (TPSA) is 83.6 Å². The monoisotopic (exact) mass is 442 g/mol. The van der Waals surface area contributed by atoms with E-state index in [-0.39, 0.29) is 5.57 Å². The van der Waals surface area contributed by atoms with Crippen LogP contribution in [0.25, 0.3) is 10.6 Å². The van der Waals surface area contributed by atoms with E-state index in [9.17, 15) is 14.7 Å². The highest BCUT2D eigenvalue weighted by molar-refractivity contribution is 7.17. The zero-order valence-electron chi connectivity index (χ0n) is 17.1. The molecule has 4 aromatic rings. The Morgan fingerprint density at radius 1 is 1.03 bits per heavy atom. The molecule has 1 aliphatic heterocycles. The Hall–Kier alpha value is -3.97. The maximum absolute atomic E-state index is 13.7. The minimum Gasteiger partial charge on any atom is -0.503 e. The van der Waals surface area contributed by atoms with E-state index in [1.54, 1.807) is 43.3 Å². The van der Waals surface area contributed by atoms with Gasteiger partial charge in [0.25, 0.3) is 5.91 Å². The van der Waals surface area contributed by atoms with E-state index < -0.39 is 23.5 Å². The number of hydrogen-bond acceptors (Lipinski definition) is 6. The smallest absolute Gasteiger partial charge is 0.294 e. The minimum absolute atomic E-state index is 0.0137. The minimum atomic E-state index is -0.880. The van der Waals surface area contributed by atoms with Gasteiger partial charge in [0.15, 0.2) is 5.76 Å². The maximum atomic E-state index is 13.7. The fourth-order valence-electron chi connectivity index (χ4n) is 3.84. The van der Waals surface area contributed by atoms with Gasteiger partial charge in [-0.1, -0.05) is 48.5 Å². The fourth-order valence-corrected chi connectivity index (χ4v) is 4.87. The summed E-state index contributed by atoms with van der Waals surface area (Å²) in [5, 5.41) is 11.5. The molecule has 0 radical (unpaired) electrons. The van der Waals surface area contributed by atoms with Crippen molar-refractivity contribution in [2.75, 3.05) is 4.90 Å². The van der Waals surface area contributed by atoms with Crippen molar-refractivity contribution in [3.8, 4) is 10.6 Å². The van der Waals surface area contributed by atoms with Gasteiger partial charge in [-0.05, 0) is 31.2 Å². The SMILES string of the molecule is Cc1nc(-c2ccccc2)sc1C(=O)C1=C(O)C(=O)N(c2ccccc2)C1c1ccco1. The Morgan fingerprint density at radius 2 is 1.72 bits per heavy atom. The summed E-state index contributed by atoms with van der Waals surface area (Å²) in [5.74, 6) is -1.27. The molecule has 5 rings (SSSR count). The van der Waals surface area contributed by atoms with Gasteiger partial charge >= 0.3 is 0 Å². The van der Waals surface area contributed by atoms with Crippen LogP contribution in [0.3, 0.4) is 0 Å². The summed E-state index contributed by atoms with van der Waals surface area (Å²) in [6, 6.07) is 21.0. The molecule has 0 saturated carbocycles. The molecule has 7 heteroatoms. The first-order valence-electron chi connectivity index (χ1n) is 9.99. The molecule has 0 spiro atoms. The molecule has 0 saturated heterocycles. The van der Waals surface area contributed by atoms with Gasteiger partial charge in [0.1, 0.15) is 16.8 Å². The lowest BCUT2D eigenvalue weighted by Gasteiger charge is -2.24. The lowest BCUT2D eigenvalue weighted by atomic mass is 9.99. The van der Waals surface area contributed by atoms with Crippen molar-refractivity contribution >= 4 is 28.7 Å². The van der Waals surface area contributed by atoms with E-state index >= 15 is 0 Å². The number of Topliss-reactive ketones (excluding diaryl/α,β-unsaturated/α-hetero) is 1. The molecule has 158 valence electrons. The Morgan fingerprint density at radius 3 is 2.38 bits per heavy atom. The summed E-state index contributed by atoms with van der Waals surface area (Å²) in [6.45, 7) is 1.75. The van der Waals surface area contributed by atoms with Gasteiger partial charge in [-0.2, -0.15) is 0 Å². The Labute approximate surface area is 188 Å². The van der Waals surface area contributed by atoms with Crippen LogP contribution in [-0.4, -0.2) is 21.8 Å². The number of carbonyl (C=O) groups is 2. The standard InChI is InChI=1S/C25H18N2O4S/c1-15-23(32-24(26-15)16-9-4-2-5-10-16)21(28)19-20(18-13-8-14-31-18)27(25(30)22(19)29)17-11-6-3-7-12-17/h2-14,20,29H,1H3. The molecule has 1 atom stereocenters. The van der Waals surface area contributed by atoms with E-state index in [1.807, 2.05) is 36.4 Å². The fraction of sp³-hybridized carbons (Fsp3) is 0.0800. The highest BCUT2D eigenvalue weighted by Crippen LogP contribution is 2.43. The second kappa shape index (κ2) is 7.94. The average molecular weight is 442 g/mol. The molecular weight excluding hydrogens is 424 g/mol. The van der Waals surface area contributed by atoms with Crippen LogP contribution in [0.5, 0.6) is 0 Å². The van der Waals surface area contributed by atoms with Crippen LogP contribution >= 0.6 is 11.3 Å². The lowest BCUT2D eigenvalue weighted by Crippen LogP contribution is -2.30. The number of aliphatic hydroxyl groups excluding tert-OH is 1. The number of furan rings is 1. The van der Waals surface area contributed by atoms with Crippen molar-refractivity contribution in [2.45, 2.75) is 13.0 Å². The zero-order chi connectivity index (χ0) is 22.2. The number of aryl methyl sites for hydroxylation is 1. The van der Waals surface area contributed by atoms with Crippen LogP contribution in [0.15, 0.2) is 94.8 Å². The normalized spacial score (nSPS) is 16.1. The third-order valence-electron chi connectivity index (χ3n) is 5.32.